The van der Waals surface area contributed by atoms with Crippen LogP contribution in [-0.4, -0.2) is 56.1 Å². The Bertz CT molecular complexity index is 390. The fourth-order valence-electron chi connectivity index (χ4n) is 2.24. The summed E-state index contributed by atoms with van der Waals surface area (Å²) in [6.07, 6.45) is 3.84. The highest BCUT2D eigenvalue weighted by Crippen LogP contribution is 2.20. The molecule has 0 fully saturated rings. The molecule has 0 aliphatic rings. The first kappa shape index (κ1) is 17.9. The van der Waals surface area contributed by atoms with E-state index in [9.17, 15) is 0 Å². The van der Waals surface area contributed by atoms with Crippen LogP contribution in [0.4, 0.5) is 0 Å². The van der Waals surface area contributed by atoms with E-state index in [1.807, 2.05) is 23.9 Å². The highest BCUT2D eigenvalue weighted by Gasteiger charge is 2.20. The van der Waals surface area contributed by atoms with Gasteiger partial charge in [0.2, 0.25) is 0 Å². The Labute approximate surface area is 132 Å². The van der Waals surface area contributed by atoms with Gasteiger partial charge in [-0.25, -0.2) is 0 Å². The minimum Gasteiger partial charge on any atom is -0.468 e. The van der Waals surface area contributed by atoms with E-state index in [-0.39, 0.29) is 6.04 Å². The molecule has 0 saturated carbocycles. The standard InChI is InChI=1S/C15H28N4OS/c1-5-19(6-2)13(14-8-7-10-20-14)12-18-15(16-3)17-9-11-21-4/h7-8,10,13H,5-6,9,11-12H2,1-4H3,(H2,16,17,18). The summed E-state index contributed by atoms with van der Waals surface area (Å²) in [5.41, 5.74) is 0. The SMILES string of the molecule is CCN(CC)C(CNC(=NC)NCCSC)c1ccco1. The molecule has 0 aliphatic carbocycles. The summed E-state index contributed by atoms with van der Waals surface area (Å²) in [7, 11) is 1.80. The number of rotatable bonds is 9. The summed E-state index contributed by atoms with van der Waals surface area (Å²) < 4.78 is 5.60. The van der Waals surface area contributed by atoms with Crippen molar-refractivity contribution in [3.8, 4) is 0 Å². The Morgan fingerprint density at radius 2 is 2.14 bits per heavy atom. The smallest absolute Gasteiger partial charge is 0.191 e. The van der Waals surface area contributed by atoms with E-state index < -0.39 is 0 Å². The molecule has 2 N–H and O–H groups in total. The average Bonchev–Trinajstić information content (AvgIpc) is 3.03. The fraction of sp³-hybridized carbons (Fsp3) is 0.667. The van der Waals surface area contributed by atoms with Crippen molar-refractivity contribution in [2.75, 3.05) is 45.2 Å². The zero-order valence-corrected chi connectivity index (χ0v) is 14.4. The molecule has 0 aromatic carbocycles. The first-order valence-corrected chi connectivity index (χ1v) is 8.87. The summed E-state index contributed by atoms with van der Waals surface area (Å²) in [5, 5.41) is 6.71. The molecule has 1 heterocycles. The number of guanidine groups is 1. The van der Waals surface area contributed by atoms with E-state index in [4.69, 9.17) is 4.42 Å². The maximum atomic E-state index is 5.60. The molecular formula is C15H28N4OS. The van der Waals surface area contributed by atoms with Gasteiger partial charge in [-0.05, 0) is 31.5 Å². The molecule has 0 spiro atoms. The molecule has 0 bridgehead atoms. The van der Waals surface area contributed by atoms with E-state index in [2.05, 4.69) is 40.6 Å². The van der Waals surface area contributed by atoms with Gasteiger partial charge >= 0.3 is 0 Å². The van der Waals surface area contributed by atoms with Gasteiger partial charge in [-0.15, -0.1) is 0 Å². The summed E-state index contributed by atoms with van der Waals surface area (Å²) in [6, 6.07) is 4.19. The lowest BCUT2D eigenvalue weighted by Crippen LogP contribution is -2.43. The van der Waals surface area contributed by atoms with Crippen LogP contribution >= 0.6 is 11.8 Å². The van der Waals surface area contributed by atoms with Gasteiger partial charge in [-0.1, -0.05) is 13.8 Å². The molecule has 0 saturated heterocycles. The molecular weight excluding hydrogens is 284 g/mol. The van der Waals surface area contributed by atoms with E-state index >= 15 is 0 Å². The number of aliphatic imine (C=N–C) groups is 1. The number of furan rings is 1. The van der Waals surface area contributed by atoms with Crippen molar-refractivity contribution in [3.63, 3.8) is 0 Å². The second-order valence-electron chi connectivity index (χ2n) is 4.63. The number of likely N-dealkylation sites (N-methyl/N-ethyl adjacent to an activating group) is 1. The lowest BCUT2D eigenvalue weighted by Gasteiger charge is -2.28. The van der Waals surface area contributed by atoms with Crippen LogP contribution in [-0.2, 0) is 0 Å². The topological polar surface area (TPSA) is 52.8 Å². The Balaban J connectivity index is 2.60. The Hall–Kier alpha value is -1.14. The van der Waals surface area contributed by atoms with Gasteiger partial charge < -0.3 is 15.1 Å². The summed E-state index contributed by atoms with van der Waals surface area (Å²) in [4.78, 5) is 6.64. The van der Waals surface area contributed by atoms with Gasteiger partial charge in [-0.2, -0.15) is 11.8 Å². The first-order chi connectivity index (χ1) is 10.3. The van der Waals surface area contributed by atoms with Crippen molar-refractivity contribution in [1.82, 2.24) is 15.5 Å². The molecule has 5 nitrogen and oxygen atoms in total. The Morgan fingerprint density at radius 3 is 2.67 bits per heavy atom. The molecule has 21 heavy (non-hydrogen) atoms. The predicted molar refractivity (Wildman–Crippen MR) is 92.1 cm³/mol. The summed E-state index contributed by atoms with van der Waals surface area (Å²) in [5.74, 6) is 2.90. The monoisotopic (exact) mass is 312 g/mol. The van der Waals surface area contributed by atoms with Crippen LogP contribution < -0.4 is 10.6 Å². The van der Waals surface area contributed by atoms with E-state index in [1.54, 1.807) is 13.3 Å². The van der Waals surface area contributed by atoms with E-state index in [0.29, 0.717) is 0 Å². The highest BCUT2D eigenvalue weighted by atomic mass is 32.2. The molecule has 1 aromatic rings. The third-order valence-corrected chi connectivity index (χ3v) is 4.02. The molecule has 6 heteroatoms. The molecule has 120 valence electrons. The van der Waals surface area contributed by atoms with Gasteiger partial charge in [0, 0.05) is 25.9 Å². The molecule has 1 rings (SSSR count). The number of thioether (sulfide) groups is 1. The maximum Gasteiger partial charge on any atom is 0.191 e. The van der Waals surface area contributed by atoms with Crippen molar-refractivity contribution in [2.24, 2.45) is 4.99 Å². The van der Waals surface area contributed by atoms with E-state index in [1.165, 1.54) is 0 Å². The molecule has 1 unspecified atom stereocenters. The van der Waals surface area contributed by atoms with Crippen molar-refractivity contribution in [2.45, 2.75) is 19.9 Å². The number of nitrogens with one attached hydrogen (secondary N) is 2. The van der Waals surface area contributed by atoms with Crippen molar-refractivity contribution < 1.29 is 4.42 Å². The molecule has 0 aliphatic heterocycles. The maximum absolute atomic E-state index is 5.60. The van der Waals surface area contributed by atoms with Crippen LogP contribution in [0, 0.1) is 0 Å². The second-order valence-corrected chi connectivity index (χ2v) is 5.61. The van der Waals surface area contributed by atoms with Gasteiger partial charge in [-0.3, -0.25) is 9.89 Å². The largest absolute Gasteiger partial charge is 0.468 e. The Kier molecular flexibility index (Phi) is 9.01. The third-order valence-electron chi connectivity index (χ3n) is 3.41. The molecule has 0 amide bonds. The van der Waals surface area contributed by atoms with Gasteiger partial charge in [0.15, 0.2) is 5.96 Å². The molecule has 1 atom stereocenters. The number of hydrogen-bond donors (Lipinski definition) is 2. The minimum atomic E-state index is 0.217. The summed E-state index contributed by atoms with van der Waals surface area (Å²) in [6.45, 7) is 8.01. The lowest BCUT2D eigenvalue weighted by molar-refractivity contribution is 0.193. The van der Waals surface area contributed by atoms with Crippen LogP contribution in [0.5, 0.6) is 0 Å². The lowest BCUT2D eigenvalue weighted by atomic mass is 10.2. The minimum absolute atomic E-state index is 0.217. The normalized spacial score (nSPS) is 13.5. The van der Waals surface area contributed by atoms with Gasteiger partial charge in [0.05, 0.1) is 12.3 Å². The first-order valence-electron chi connectivity index (χ1n) is 7.47. The molecule has 1 aromatic heterocycles. The molecule has 0 radical (unpaired) electrons. The van der Waals surface area contributed by atoms with Crippen LogP contribution in [0.2, 0.25) is 0 Å². The van der Waals surface area contributed by atoms with Gasteiger partial charge in [0.25, 0.3) is 0 Å². The third kappa shape index (κ3) is 6.01. The number of nitrogens with zero attached hydrogens (tertiary/aromatic N) is 2. The van der Waals surface area contributed by atoms with Crippen molar-refractivity contribution in [1.29, 1.82) is 0 Å². The highest BCUT2D eigenvalue weighted by molar-refractivity contribution is 7.98. The van der Waals surface area contributed by atoms with Crippen LogP contribution in [0.3, 0.4) is 0 Å². The zero-order chi connectivity index (χ0) is 15.5. The van der Waals surface area contributed by atoms with Crippen LogP contribution in [0.1, 0.15) is 25.6 Å². The quantitative estimate of drug-likeness (QED) is 0.416. The van der Waals surface area contributed by atoms with Crippen molar-refractivity contribution in [3.05, 3.63) is 24.2 Å². The van der Waals surface area contributed by atoms with Crippen LogP contribution in [0.25, 0.3) is 0 Å². The van der Waals surface area contributed by atoms with Gasteiger partial charge in [0.1, 0.15) is 5.76 Å². The number of hydrogen-bond acceptors (Lipinski definition) is 4. The predicted octanol–water partition coefficient (Wildman–Crippen LogP) is 2.19. The van der Waals surface area contributed by atoms with Crippen LogP contribution in [0.15, 0.2) is 27.8 Å². The zero-order valence-electron chi connectivity index (χ0n) is 13.6. The van der Waals surface area contributed by atoms with E-state index in [0.717, 1.165) is 43.7 Å². The van der Waals surface area contributed by atoms with Crippen molar-refractivity contribution >= 4 is 17.7 Å². The fourth-order valence-corrected chi connectivity index (χ4v) is 2.55. The summed E-state index contributed by atoms with van der Waals surface area (Å²) >= 11 is 1.82. The average molecular weight is 312 g/mol. The Morgan fingerprint density at radius 1 is 1.38 bits per heavy atom. The second kappa shape index (κ2) is 10.6.